The molecule has 0 aliphatic carbocycles. The summed E-state index contributed by atoms with van der Waals surface area (Å²) >= 11 is 0. The molecule has 1 fully saturated rings. The Labute approximate surface area is 141 Å². The number of carbonyl (C=O) groups excluding carboxylic acids is 1. The van der Waals surface area contributed by atoms with Crippen LogP contribution in [-0.2, 0) is 11.2 Å². The third-order valence-corrected chi connectivity index (χ3v) is 4.98. The first-order chi connectivity index (χ1) is 10.8. The number of likely N-dealkylation sites (tertiary alicyclic amines) is 1. The average molecular weight is 317 g/mol. The van der Waals surface area contributed by atoms with Gasteiger partial charge in [0.25, 0.3) is 0 Å². The van der Waals surface area contributed by atoms with E-state index in [1.54, 1.807) is 0 Å². The van der Waals surface area contributed by atoms with Crippen LogP contribution >= 0.6 is 0 Å². The van der Waals surface area contributed by atoms with Gasteiger partial charge < -0.3 is 4.48 Å². The van der Waals surface area contributed by atoms with E-state index in [0.29, 0.717) is 12.3 Å². The van der Waals surface area contributed by atoms with Crippen molar-refractivity contribution >= 4 is 11.6 Å². The number of amides is 1. The van der Waals surface area contributed by atoms with Gasteiger partial charge in [0.05, 0.1) is 20.6 Å². The van der Waals surface area contributed by atoms with Crippen molar-refractivity contribution in [3.63, 3.8) is 0 Å². The van der Waals surface area contributed by atoms with Gasteiger partial charge in [-0.05, 0) is 42.9 Å². The molecule has 2 rings (SSSR count). The summed E-state index contributed by atoms with van der Waals surface area (Å²) in [6.45, 7) is 7.58. The Morgan fingerprint density at radius 1 is 1.22 bits per heavy atom. The highest BCUT2D eigenvalue weighted by Crippen LogP contribution is 2.30. The molecule has 128 valence electrons. The van der Waals surface area contributed by atoms with Crippen LogP contribution in [0.4, 0.5) is 5.69 Å². The highest BCUT2D eigenvalue weighted by Gasteiger charge is 2.38. The topological polar surface area (TPSA) is 20.3 Å². The summed E-state index contributed by atoms with van der Waals surface area (Å²) in [7, 11) is 4.51. The van der Waals surface area contributed by atoms with E-state index >= 15 is 0 Å². The van der Waals surface area contributed by atoms with Gasteiger partial charge in [-0.1, -0.05) is 32.9 Å². The number of benzene rings is 1. The first kappa shape index (κ1) is 18.0. The molecule has 3 nitrogen and oxygen atoms in total. The van der Waals surface area contributed by atoms with Gasteiger partial charge in [-0.3, -0.25) is 9.69 Å². The quantitative estimate of drug-likeness (QED) is 0.745. The van der Waals surface area contributed by atoms with Crippen LogP contribution in [-0.4, -0.2) is 37.2 Å². The number of hydrogen-bond acceptors (Lipinski definition) is 1. The SMILES string of the molecule is CCC(=O)N(c1ccc(CC(C)C)cc1)[C@H]1CCCC[N+]1(C)C. The number of hydrogen-bond donors (Lipinski definition) is 0. The molecule has 0 N–H and O–H groups in total. The summed E-state index contributed by atoms with van der Waals surface area (Å²) in [5.74, 6) is 0.892. The van der Waals surface area contributed by atoms with Gasteiger partial charge in [-0.2, -0.15) is 0 Å². The molecule has 3 heteroatoms. The van der Waals surface area contributed by atoms with Gasteiger partial charge >= 0.3 is 0 Å². The lowest BCUT2D eigenvalue weighted by molar-refractivity contribution is -0.918. The fraction of sp³-hybridized carbons (Fsp3) is 0.650. The van der Waals surface area contributed by atoms with Crippen LogP contribution in [0.2, 0.25) is 0 Å². The molecule has 1 atom stereocenters. The minimum atomic E-state index is 0.236. The van der Waals surface area contributed by atoms with E-state index in [0.717, 1.165) is 29.6 Å². The molecule has 0 spiro atoms. The molecule has 0 unspecified atom stereocenters. The number of carbonyl (C=O) groups is 1. The predicted octanol–water partition coefficient (Wildman–Crippen LogP) is 4.21. The summed E-state index contributed by atoms with van der Waals surface area (Å²) in [6.07, 6.45) is 5.46. The van der Waals surface area contributed by atoms with Crippen LogP contribution in [0.5, 0.6) is 0 Å². The second-order valence-corrected chi connectivity index (χ2v) is 7.86. The van der Waals surface area contributed by atoms with Crippen LogP contribution in [0.3, 0.4) is 0 Å². The second kappa shape index (κ2) is 7.48. The van der Waals surface area contributed by atoms with Crippen molar-refractivity contribution in [2.75, 3.05) is 25.5 Å². The third-order valence-electron chi connectivity index (χ3n) is 4.98. The van der Waals surface area contributed by atoms with Crippen molar-refractivity contribution in [1.29, 1.82) is 0 Å². The van der Waals surface area contributed by atoms with E-state index in [9.17, 15) is 4.79 Å². The summed E-state index contributed by atoms with van der Waals surface area (Å²) in [4.78, 5) is 14.7. The van der Waals surface area contributed by atoms with Crippen LogP contribution in [0, 0.1) is 5.92 Å². The first-order valence-corrected chi connectivity index (χ1v) is 9.09. The van der Waals surface area contributed by atoms with Crippen LogP contribution in [0.15, 0.2) is 24.3 Å². The van der Waals surface area contributed by atoms with Crippen molar-refractivity contribution < 1.29 is 9.28 Å². The Morgan fingerprint density at radius 3 is 2.39 bits per heavy atom. The summed E-state index contributed by atoms with van der Waals surface area (Å²) in [6, 6.07) is 8.65. The van der Waals surface area contributed by atoms with Crippen molar-refractivity contribution in [3.05, 3.63) is 29.8 Å². The van der Waals surface area contributed by atoms with Gasteiger partial charge in [-0.15, -0.1) is 0 Å². The van der Waals surface area contributed by atoms with E-state index in [1.807, 2.05) is 6.92 Å². The summed E-state index contributed by atoms with van der Waals surface area (Å²) < 4.78 is 0.902. The zero-order valence-corrected chi connectivity index (χ0v) is 15.5. The molecule has 1 aliphatic heterocycles. The third kappa shape index (κ3) is 4.35. The normalized spacial score (nSPS) is 20.5. The lowest BCUT2D eigenvalue weighted by Gasteiger charge is -2.46. The van der Waals surface area contributed by atoms with Gasteiger partial charge in [0.15, 0.2) is 6.17 Å². The monoisotopic (exact) mass is 317 g/mol. The van der Waals surface area contributed by atoms with Crippen molar-refractivity contribution in [2.24, 2.45) is 5.92 Å². The van der Waals surface area contributed by atoms with E-state index in [4.69, 9.17) is 0 Å². The Kier molecular flexibility index (Phi) is 5.85. The van der Waals surface area contributed by atoms with E-state index < -0.39 is 0 Å². The molecule has 23 heavy (non-hydrogen) atoms. The molecular formula is C20H33N2O+. The van der Waals surface area contributed by atoms with Crippen molar-refractivity contribution in [3.8, 4) is 0 Å². The zero-order chi connectivity index (χ0) is 17.0. The number of rotatable bonds is 5. The minimum absolute atomic E-state index is 0.236. The first-order valence-electron chi connectivity index (χ1n) is 9.09. The van der Waals surface area contributed by atoms with Crippen molar-refractivity contribution in [2.45, 2.75) is 59.0 Å². The van der Waals surface area contributed by atoms with Crippen LogP contribution in [0.25, 0.3) is 0 Å². The van der Waals surface area contributed by atoms with E-state index in [2.05, 4.69) is 57.1 Å². The summed E-state index contributed by atoms with van der Waals surface area (Å²) in [5.41, 5.74) is 2.41. The number of piperidine rings is 1. The summed E-state index contributed by atoms with van der Waals surface area (Å²) in [5, 5.41) is 0. The fourth-order valence-corrected chi connectivity index (χ4v) is 3.70. The smallest absolute Gasteiger partial charge is 0.231 e. The Morgan fingerprint density at radius 2 is 1.87 bits per heavy atom. The lowest BCUT2D eigenvalue weighted by Crippen LogP contribution is -2.61. The van der Waals surface area contributed by atoms with E-state index in [1.165, 1.54) is 18.4 Å². The average Bonchev–Trinajstić information content (AvgIpc) is 2.49. The Hall–Kier alpha value is -1.35. The largest absolute Gasteiger partial charge is 0.309 e. The maximum absolute atomic E-state index is 12.7. The highest BCUT2D eigenvalue weighted by atomic mass is 16.2. The van der Waals surface area contributed by atoms with Crippen molar-refractivity contribution in [1.82, 2.24) is 0 Å². The second-order valence-electron chi connectivity index (χ2n) is 7.86. The molecule has 1 saturated heterocycles. The van der Waals surface area contributed by atoms with Crippen LogP contribution < -0.4 is 4.90 Å². The van der Waals surface area contributed by atoms with Crippen LogP contribution in [0.1, 0.15) is 52.0 Å². The highest BCUT2D eigenvalue weighted by molar-refractivity contribution is 5.93. The van der Waals surface area contributed by atoms with Gasteiger partial charge in [0.1, 0.15) is 0 Å². The Balaban J connectivity index is 2.29. The number of nitrogens with zero attached hydrogens (tertiary/aromatic N) is 2. The zero-order valence-electron chi connectivity index (χ0n) is 15.5. The molecule has 1 heterocycles. The predicted molar refractivity (Wildman–Crippen MR) is 97.4 cm³/mol. The maximum atomic E-state index is 12.7. The molecule has 0 aromatic heterocycles. The molecule has 0 radical (unpaired) electrons. The Bertz CT molecular complexity index is 519. The molecule has 0 bridgehead atoms. The standard InChI is InChI=1S/C20H33N2O/c1-6-20(23)21(19-9-7-8-14-22(19,4)5)18-12-10-17(11-13-18)15-16(2)3/h10-13,16,19H,6-9,14-15H2,1-5H3/q+1/t19-/m1/s1. The molecular weight excluding hydrogens is 284 g/mol. The molecule has 1 amide bonds. The van der Waals surface area contributed by atoms with Gasteiger partial charge in [-0.25, -0.2) is 0 Å². The molecule has 1 aromatic rings. The molecule has 1 aromatic carbocycles. The van der Waals surface area contributed by atoms with E-state index in [-0.39, 0.29) is 12.1 Å². The fourth-order valence-electron chi connectivity index (χ4n) is 3.70. The molecule has 1 aliphatic rings. The lowest BCUT2D eigenvalue weighted by atomic mass is 10.0. The molecule has 0 saturated carbocycles. The maximum Gasteiger partial charge on any atom is 0.231 e. The number of quaternary nitrogens is 1. The van der Waals surface area contributed by atoms with Gasteiger partial charge in [0, 0.05) is 18.5 Å². The minimum Gasteiger partial charge on any atom is -0.309 e. The number of anilines is 1. The van der Waals surface area contributed by atoms with Gasteiger partial charge in [0.2, 0.25) is 5.91 Å².